The number of benzene rings is 1. The van der Waals surface area contributed by atoms with Gasteiger partial charge in [0.05, 0.1) is 16.3 Å². The molecule has 18 heavy (non-hydrogen) atoms. The van der Waals surface area contributed by atoms with Gasteiger partial charge in [0.25, 0.3) is 0 Å². The Bertz CT molecular complexity index is 445. The van der Waals surface area contributed by atoms with Gasteiger partial charge >= 0.3 is 0 Å². The lowest BCUT2D eigenvalue weighted by molar-refractivity contribution is -0.0142. The minimum Gasteiger partial charge on any atom is -0.397 e. The molecule has 0 saturated heterocycles. The number of nitrogen functional groups attached to an aromatic ring is 1. The first-order valence-corrected chi connectivity index (χ1v) is 6.37. The molecule has 0 bridgehead atoms. The Hall–Kier alpha value is -0.870. The van der Waals surface area contributed by atoms with E-state index in [9.17, 15) is 13.9 Å². The van der Waals surface area contributed by atoms with Crippen molar-refractivity contribution in [1.82, 2.24) is 0 Å². The van der Waals surface area contributed by atoms with Crippen molar-refractivity contribution in [2.75, 3.05) is 5.73 Å². The van der Waals surface area contributed by atoms with Crippen LogP contribution < -0.4 is 5.73 Å². The lowest BCUT2D eigenvalue weighted by Crippen LogP contribution is -2.37. The van der Waals surface area contributed by atoms with Gasteiger partial charge in [0.2, 0.25) is 0 Å². The second kappa shape index (κ2) is 5.02. The van der Waals surface area contributed by atoms with Crippen molar-refractivity contribution in [2.45, 2.75) is 43.9 Å². The molecular weight excluding hydrogens is 260 g/mol. The summed E-state index contributed by atoms with van der Waals surface area (Å²) in [5, 5.41) is 10.5. The SMILES string of the molecule is Nc1c(Cl)cc(F)cc1CC1(O)CCC(F)CC1. The Morgan fingerprint density at radius 1 is 1.39 bits per heavy atom. The fraction of sp³-hybridized carbons (Fsp3) is 0.538. The van der Waals surface area contributed by atoms with Crippen LogP contribution >= 0.6 is 11.6 Å². The van der Waals surface area contributed by atoms with Crippen molar-refractivity contribution in [3.8, 4) is 0 Å². The molecule has 1 aromatic carbocycles. The van der Waals surface area contributed by atoms with Crippen LogP contribution in [0.15, 0.2) is 12.1 Å². The average molecular weight is 276 g/mol. The van der Waals surface area contributed by atoms with E-state index in [0.29, 0.717) is 31.2 Å². The first-order valence-electron chi connectivity index (χ1n) is 5.99. The predicted octanol–water partition coefficient (Wildman–Crippen LogP) is 3.25. The lowest BCUT2D eigenvalue weighted by Gasteiger charge is -2.34. The van der Waals surface area contributed by atoms with Crippen LogP contribution in [0.3, 0.4) is 0 Å². The van der Waals surface area contributed by atoms with Gasteiger partial charge in [0.15, 0.2) is 0 Å². The summed E-state index contributed by atoms with van der Waals surface area (Å²) in [6.45, 7) is 0. The number of aliphatic hydroxyl groups is 1. The van der Waals surface area contributed by atoms with Crippen molar-refractivity contribution >= 4 is 17.3 Å². The Morgan fingerprint density at radius 2 is 2.00 bits per heavy atom. The molecule has 100 valence electrons. The van der Waals surface area contributed by atoms with E-state index in [-0.39, 0.29) is 17.1 Å². The monoisotopic (exact) mass is 275 g/mol. The molecular formula is C13H16ClF2NO. The van der Waals surface area contributed by atoms with Crippen molar-refractivity contribution in [1.29, 1.82) is 0 Å². The van der Waals surface area contributed by atoms with Gasteiger partial charge in [-0.25, -0.2) is 8.78 Å². The largest absolute Gasteiger partial charge is 0.397 e. The number of alkyl halides is 1. The molecule has 2 nitrogen and oxygen atoms in total. The minimum atomic E-state index is -1.01. The molecule has 1 aromatic rings. The number of hydrogen-bond acceptors (Lipinski definition) is 2. The van der Waals surface area contributed by atoms with Gasteiger partial charge in [-0.3, -0.25) is 0 Å². The highest BCUT2D eigenvalue weighted by Gasteiger charge is 2.34. The van der Waals surface area contributed by atoms with Crippen LogP contribution in [0.2, 0.25) is 5.02 Å². The van der Waals surface area contributed by atoms with E-state index in [1.165, 1.54) is 6.07 Å². The summed E-state index contributed by atoms with van der Waals surface area (Å²) in [5.41, 5.74) is 5.54. The smallest absolute Gasteiger partial charge is 0.125 e. The maximum atomic E-state index is 13.3. The molecule has 2 rings (SSSR count). The lowest BCUT2D eigenvalue weighted by atomic mass is 9.79. The van der Waals surface area contributed by atoms with E-state index in [1.54, 1.807) is 0 Å². The molecule has 0 amide bonds. The molecule has 0 unspecified atom stereocenters. The van der Waals surface area contributed by atoms with Crippen LogP contribution in [0.25, 0.3) is 0 Å². The standard InChI is InChI=1S/C13H16ClF2NO/c14-11-6-10(16)5-8(12(11)17)7-13(18)3-1-9(15)2-4-13/h5-6,9,18H,1-4,7,17H2. The zero-order chi connectivity index (χ0) is 13.3. The van der Waals surface area contributed by atoms with Crippen LogP contribution in [0.5, 0.6) is 0 Å². The minimum absolute atomic E-state index is 0.146. The van der Waals surface area contributed by atoms with E-state index in [2.05, 4.69) is 0 Å². The third-order valence-corrected chi connectivity index (χ3v) is 3.86. The highest BCUT2D eigenvalue weighted by Crippen LogP contribution is 2.35. The van der Waals surface area contributed by atoms with Crippen LogP contribution in [-0.4, -0.2) is 16.9 Å². The maximum absolute atomic E-state index is 13.3. The summed E-state index contributed by atoms with van der Waals surface area (Å²) in [6, 6.07) is 2.42. The molecule has 0 radical (unpaired) electrons. The van der Waals surface area contributed by atoms with Gasteiger partial charge in [-0.15, -0.1) is 0 Å². The van der Waals surface area contributed by atoms with E-state index in [0.717, 1.165) is 6.07 Å². The maximum Gasteiger partial charge on any atom is 0.125 e. The molecule has 0 spiro atoms. The molecule has 1 fully saturated rings. The van der Waals surface area contributed by atoms with Gasteiger partial charge in [-0.1, -0.05) is 11.6 Å². The van der Waals surface area contributed by atoms with Crippen molar-refractivity contribution in [3.63, 3.8) is 0 Å². The van der Waals surface area contributed by atoms with Gasteiger partial charge in [0.1, 0.15) is 12.0 Å². The van der Waals surface area contributed by atoms with Gasteiger partial charge in [-0.05, 0) is 43.4 Å². The number of anilines is 1. The molecule has 0 atom stereocenters. The van der Waals surface area contributed by atoms with E-state index in [1.807, 2.05) is 0 Å². The summed E-state index contributed by atoms with van der Waals surface area (Å²) in [7, 11) is 0. The molecule has 0 heterocycles. The number of nitrogens with two attached hydrogens (primary N) is 1. The summed E-state index contributed by atoms with van der Waals surface area (Å²) in [4.78, 5) is 0. The van der Waals surface area contributed by atoms with Crippen molar-refractivity contribution < 1.29 is 13.9 Å². The second-order valence-corrected chi connectivity index (χ2v) is 5.44. The van der Waals surface area contributed by atoms with E-state index < -0.39 is 17.6 Å². The zero-order valence-electron chi connectivity index (χ0n) is 9.93. The quantitative estimate of drug-likeness (QED) is 0.814. The number of rotatable bonds is 2. The molecule has 0 aromatic heterocycles. The van der Waals surface area contributed by atoms with Gasteiger partial charge < -0.3 is 10.8 Å². The third-order valence-electron chi connectivity index (χ3n) is 3.55. The Labute approximate surface area is 110 Å². The molecule has 1 saturated carbocycles. The Kier molecular flexibility index (Phi) is 3.78. The summed E-state index contributed by atoms with van der Waals surface area (Å²) >= 11 is 5.80. The Balaban J connectivity index is 2.18. The van der Waals surface area contributed by atoms with E-state index in [4.69, 9.17) is 17.3 Å². The molecule has 1 aliphatic rings. The van der Waals surface area contributed by atoms with Crippen LogP contribution in [0.1, 0.15) is 31.2 Å². The predicted molar refractivity (Wildman–Crippen MR) is 67.8 cm³/mol. The summed E-state index contributed by atoms with van der Waals surface area (Å²) < 4.78 is 26.3. The van der Waals surface area contributed by atoms with Crippen LogP contribution in [0.4, 0.5) is 14.5 Å². The number of hydrogen-bond donors (Lipinski definition) is 2. The van der Waals surface area contributed by atoms with E-state index >= 15 is 0 Å². The molecule has 5 heteroatoms. The fourth-order valence-electron chi connectivity index (χ4n) is 2.44. The van der Waals surface area contributed by atoms with Crippen molar-refractivity contribution in [3.05, 3.63) is 28.5 Å². The Morgan fingerprint density at radius 3 is 2.61 bits per heavy atom. The zero-order valence-corrected chi connectivity index (χ0v) is 10.7. The van der Waals surface area contributed by atoms with Crippen LogP contribution in [0, 0.1) is 5.82 Å². The average Bonchev–Trinajstić information content (AvgIpc) is 2.30. The number of halogens is 3. The highest BCUT2D eigenvalue weighted by atomic mass is 35.5. The molecule has 3 N–H and O–H groups in total. The van der Waals surface area contributed by atoms with Gasteiger partial charge in [-0.2, -0.15) is 0 Å². The molecule has 1 aliphatic carbocycles. The van der Waals surface area contributed by atoms with Crippen molar-refractivity contribution in [2.24, 2.45) is 0 Å². The molecule has 0 aliphatic heterocycles. The third kappa shape index (κ3) is 2.93. The summed E-state index contributed by atoms with van der Waals surface area (Å²) in [5.74, 6) is -0.480. The van der Waals surface area contributed by atoms with Crippen LogP contribution in [-0.2, 0) is 6.42 Å². The van der Waals surface area contributed by atoms with Gasteiger partial charge in [0, 0.05) is 6.42 Å². The summed E-state index contributed by atoms with van der Waals surface area (Å²) in [6.07, 6.45) is 0.754. The normalized spacial score (nSPS) is 28.3. The fourth-order valence-corrected chi connectivity index (χ4v) is 2.66. The first-order chi connectivity index (χ1) is 8.39. The topological polar surface area (TPSA) is 46.2 Å². The second-order valence-electron chi connectivity index (χ2n) is 5.04. The highest BCUT2D eigenvalue weighted by molar-refractivity contribution is 6.33. The first kappa shape index (κ1) is 13.6.